The van der Waals surface area contributed by atoms with E-state index in [1.165, 1.54) is 6.92 Å². The topological polar surface area (TPSA) is 309 Å². The average Bonchev–Trinajstić information content (AvgIpc) is 1.63. The van der Waals surface area contributed by atoms with E-state index >= 15 is 0 Å². The van der Waals surface area contributed by atoms with Gasteiger partial charge in [-0.05, 0) is 107 Å². The normalized spacial score (nSPS) is 13.4. The van der Waals surface area contributed by atoms with Gasteiger partial charge in [-0.15, -0.1) is 11.6 Å². The molecule has 18 rings (SSSR count). The van der Waals surface area contributed by atoms with Crippen molar-refractivity contribution in [2.45, 2.75) is 52.2 Å². The van der Waals surface area contributed by atoms with E-state index in [1.54, 1.807) is 62.2 Å². The number of halogens is 1. The van der Waals surface area contributed by atoms with E-state index in [0.29, 0.717) is 64.9 Å². The summed E-state index contributed by atoms with van der Waals surface area (Å²) in [4.78, 5) is 96.3. The number of alkyl halides is 1. The van der Waals surface area contributed by atoms with Crippen molar-refractivity contribution in [3.8, 4) is 34.3 Å². The molecule has 4 amide bonds. The number of methoxy groups -OCH3 is 4. The Balaban J connectivity index is 0.000000146. The van der Waals surface area contributed by atoms with Crippen molar-refractivity contribution in [2.75, 3.05) is 55.8 Å². The highest BCUT2D eigenvalue weighted by atomic mass is 35.5. The largest absolute Gasteiger partial charge is 0.497 e. The van der Waals surface area contributed by atoms with Crippen LogP contribution in [0.15, 0.2) is 395 Å². The molecule has 0 bridgehead atoms. The summed E-state index contributed by atoms with van der Waals surface area (Å²) < 4.78 is 22.2. The number of aromatic nitrogens is 2. The van der Waals surface area contributed by atoms with Gasteiger partial charge in [0.25, 0.3) is 22.9 Å². The number of hydrogen-bond acceptors (Lipinski definition) is 18. The Hall–Kier alpha value is -16.5. The summed E-state index contributed by atoms with van der Waals surface area (Å²) in [6.07, 6.45) is -1.90. The number of nitrogens with zero attached hydrogens (tertiary/aromatic N) is 8. The van der Waals surface area contributed by atoms with E-state index < -0.39 is 17.9 Å². The fourth-order valence-electron chi connectivity index (χ4n) is 14.5. The van der Waals surface area contributed by atoms with Gasteiger partial charge >= 0.3 is 0 Å². The van der Waals surface area contributed by atoms with Gasteiger partial charge in [0.15, 0.2) is 11.9 Å². The second-order valence-corrected chi connectivity index (χ2v) is 30.0. The molecule has 3 aliphatic heterocycles. The van der Waals surface area contributed by atoms with Crippen molar-refractivity contribution in [2.24, 2.45) is 25.9 Å². The fourth-order valence-corrected chi connectivity index (χ4v) is 14.7. The van der Waals surface area contributed by atoms with Gasteiger partial charge in [-0.2, -0.15) is 0 Å². The van der Waals surface area contributed by atoms with Gasteiger partial charge in [0.1, 0.15) is 29.5 Å². The van der Waals surface area contributed by atoms with Crippen LogP contribution in [0.1, 0.15) is 85.9 Å². The number of carbonyl (C=O) groups excluding carboxylic acids is 5. The Morgan fingerprint density at radius 2 is 0.879 bits per heavy atom. The first-order chi connectivity index (χ1) is 63.9. The van der Waals surface area contributed by atoms with Crippen LogP contribution in [0, 0.1) is 0 Å². The highest BCUT2D eigenvalue weighted by Gasteiger charge is 2.32. The minimum Gasteiger partial charge on any atom is -0.497 e. The molecule has 15 aromatic rings. The van der Waals surface area contributed by atoms with Crippen LogP contribution < -0.4 is 61.9 Å². The third-order valence-electron chi connectivity index (χ3n) is 21.1. The number of nitrogen functional groups attached to an aromatic ring is 1. The maximum atomic E-state index is 13.1. The van der Waals surface area contributed by atoms with Crippen LogP contribution in [0.2, 0.25) is 0 Å². The molecule has 2 atom stereocenters. The Kier molecular flexibility index (Phi) is 33.6. The Morgan fingerprint density at radius 3 is 1.38 bits per heavy atom. The number of fused-ring (bicyclic) bond motifs is 4. The SMILES string of the molecule is C.CC(=O)N[C@H]1N=C(c2ccccc2)c2ccccc2NC1=O.COc1ccc(CCl)cc1.COc1ccc(CN2C(=O)CN=C(c3ccccc3)c3ccccc32)cc1.COc1ccc(CN2C(=O)[C@@H](N)N=C(c3ccccc3)c3ccccc32)cc1.COc1ccc(Cn2c(=O)/c(=N\O)nc(-c3ccccc3)c3ccccc32)cc1.Nc1ccccc1C(=O)c1ccccc1. The molecule has 1 aromatic heterocycles. The van der Waals surface area contributed by atoms with Crippen LogP contribution in [0.5, 0.6) is 23.0 Å². The second kappa shape index (κ2) is 46.8. The number of para-hydroxylation sites is 5. The zero-order chi connectivity index (χ0) is 92.0. The molecule has 664 valence electrons. The van der Waals surface area contributed by atoms with E-state index in [0.717, 1.165) is 112 Å². The molecule has 0 saturated heterocycles. The lowest BCUT2D eigenvalue weighted by atomic mass is 10.00. The number of nitrogens with one attached hydrogen (secondary N) is 2. The van der Waals surface area contributed by atoms with Gasteiger partial charge in [0.05, 0.1) is 93.5 Å². The molecule has 14 aromatic carbocycles. The van der Waals surface area contributed by atoms with Gasteiger partial charge in [-0.3, -0.25) is 38.8 Å². The monoisotopic (exact) mass is 1770 g/mol. The number of anilines is 4. The quantitative estimate of drug-likeness (QED) is 0.0175. The Morgan fingerprint density at radius 1 is 0.470 bits per heavy atom. The van der Waals surface area contributed by atoms with Gasteiger partial charge in [-0.1, -0.05) is 298 Å². The summed E-state index contributed by atoms with van der Waals surface area (Å²) in [7, 11) is 6.53. The second-order valence-electron chi connectivity index (χ2n) is 29.7. The van der Waals surface area contributed by atoms with Crippen molar-refractivity contribution < 1.29 is 48.1 Å². The lowest BCUT2D eigenvalue weighted by Gasteiger charge is -2.24. The molecule has 0 spiro atoms. The maximum absolute atomic E-state index is 13.1. The van der Waals surface area contributed by atoms with Crippen molar-refractivity contribution in [1.29, 1.82) is 0 Å². The predicted octanol–water partition coefficient (Wildman–Crippen LogP) is 18.4. The third-order valence-corrected chi connectivity index (χ3v) is 21.4. The molecule has 0 aliphatic carbocycles. The lowest BCUT2D eigenvalue weighted by molar-refractivity contribution is -0.125. The molecule has 7 N–H and O–H groups in total. The minimum atomic E-state index is -0.958. The van der Waals surface area contributed by atoms with Crippen LogP contribution in [-0.2, 0) is 44.7 Å². The molecule has 0 radical (unpaired) electrons. The lowest BCUT2D eigenvalue weighted by Crippen LogP contribution is -2.41. The van der Waals surface area contributed by atoms with E-state index in [4.69, 9.17) is 42.0 Å². The summed E-state index contributed by atoms with van der Waals surface area (Å²) in [5, 5.41) is 18.9. The number of ether oxygens (including phenoxy) is 4. The third kappa shape index (κ3) is 24.2. The first kappa shape index (κ1) is 94.6. The van der Waals surface area contributed by atoms with Crippen LogP contribution in [0.25, 0.3) is 22.2 Å². The molecule has 132 heavy (non-hydrogen) atoms. The number of aliphatic imine (C=N–C) groups is 3. The highest BCUT2D eigenvalue weighted by molar-refractivity contribution is 6.22. The number of rotatable bonds is 18. The predicted molar refractivity (Wildman–Crippen MR) is 524 cm³/mol. The molecule has 0 saturated carbocycles. The minimum absolute atomic E-state index is 0. The van der Waals surface area contributed by atoms with E-state index in [-0.39, 0.29) is 48.9 Å². The van der Waals surface area contributed by atoms with Crippen LogP contribution in [0.4, 0.5) is 22.7 Å². The van der Waals surface area contributed by atoms with Crippen molar-refractivity contribution in [1.82, 2.24) is 14.9 Å². The van der Waals surface area contributed by atoms with Gasteiger partial charge in [0.2, 0.25) is 18.0 Å². The fraction of sp³-hybridized carbons (Fsp3) is 0.120. The molecular weight excluding hydrogens is 1680 g/mol. The van der Waals surface area contributed by atoms with Gasteiger partial charge in [-0.25, -0.2) is 9.98 Å². The summed E-state index contributed by atoms with van der Waals surface area (Å²) in [5.41, 5.74) is 29.3. The number of amides is 4. The summed E-state index contributed by atoms with van der Waals surface area (Å²) in [6, 6.07) is 117. The first-order valence-electron chi connectivity index (χ1n) is 41.8. The molecule has 4 heterocycles. The number of benzodiazepines with no additional fused rings is 3. The standard InChI is InChI=1S/C23H19N3O3.C23H21N3O2.C23H20N2O2.C17H15N3O2.C13H11NO.C8H9ClO.CH4/c1-29-18-13-11-16(12-14-18)15-26-20-10-6-5-9-19(20)21(17-7-3-2-4-8-17)24-22(25-28)23(26)27;1-28-18-13-11-16(12-14-18)15-26-20-10-6-5-9-19(20)21(25-22(24)23(26)27)17-7-3-2-4-8-17;1-27-19-13-11-17(12-14-19)16-25-21-10-6-5-9-20(21)23(24-15-22(25)26)18-7-3-2-4-8-18;1-11(21)18-16-17(22)19-14-10-6-5-9-13(14)15(20-16)12-7-3-2-4-8-12;14-12-9-5-4-8-11(12)13(15)10-6-2-1-3-7-10;1-10-8-4-2-7(6-9)3-5-8;/h2-14,28H,15H2,1H3;2-14,22H,15,24H2,1H3;2-14H,15-16H2,1H3;2-10,16H,1H3,(H,18,21)(H,19,22);1-9H,14H2;2-5H,6H2,1H3;1H4/b25-22+;;;;;;/t;22-;;16-;;;/m.0.0.../s1. The molecule has 0 unspecified atom stereocenters. The van der Waals surface area contributed by atoms with E-state index in [9.17, 15) is 34.0 Å². The smallest absolute Gasteiger partial charge is 0.299 e. The first-order valence-corrected chi connectivity index (χ1v) is 42.4. The van der Waals surface area contributed by atoms with E-state index in [1.807, 2.05) is 351 Å². The molecule has 23 nitrogen and oxygen atoms in total. The summed E-state index contributed by atoms with van der Waals surface area (Å²) in [6.45, 7) is 2.71. The average molecular weight is 1780 g/mol. The number of benzene rings is 14. The number of nitrogens with two attached hydrogens (primary N) is 2. The van der Waals surface area contributed by atoms with E-state index in [2.05, 4.69) is 35.8 Å². The molecule has 24 heteroatoms. The molecule has 0 fully saturated rings. The van der Waals surface area contributed by atoms with Crippen molar-refractivity contribution in [3.63, 3.8) is 0 Å². The van der Waals surface area contributed by atoms with Crippen molar-refractivity contribution >= 4 is 91.8 Å². The Labute approximate surface area is 771 Å². The highest BCUT2D eigenvalue weighted by Crippen LogP contribution is 2.33. The number of carbonyl (C=O) groups is 5. The van der Waals surface area contributed by atoms with Crippen molar-refractivity contribution in [3.05, 3.63) is 453 Å². The van der Waals surface area contributed by atoms with Crippen LogP contribution >= 0.6 is 11.6 Å². The number of ketones is 1. The maximum Gasteiger partial charge on any atom is 0.299 e. The molecular formula is C108H99ClN12O11. The van der Waals surface area contributed by atoms with Gasteiger partial charge < -0.3 is 60.6 Å². The zero-order valence-electron chi connectivity index (χ0n) is 72.5. The Bertz CT molecular complexity index is 6680. The van der Waals surface area contributed by atoms with Crippen LogP contribution in [0.3, 0.4) is 0 Å². The number of hydrogen-bond donors (Lipinski definition) is 5. The van der Waals surface area contributed by atoms with Gasteiger partial charge in [0, 0.05) is 73.9 Å². The summed E-state index contributed by atoms with van der Waals surface area (Å²) in [5.74, 6) is 2.82. The summed E-state index contributed by atoms with van der Waals surface area (Å²) >= 11 is 5.58. The molecule has 3 aliphatic rings. The zero-order valence-corrected chi connectivity index (χ0v) is 73.3. The van der Waals surface area contributed by atoms with Crippen LogP contribution in [-0.4, -0.2) is 109 Å².